The smallest absolute Gasteiger partial charge is 0.195 e. The summed E-state index contributed by atoms with van der Waals surface area (Å²) < 4.78 is 5.35. The maximum Gasteiger partial charge on any atom is 0.195 e. The molecule has 1 heterocycles. The maximum absolute atomic E-state index is 5.36. The predicted molar refractivity (Wildman–Crippen MR) is 43.4 cm³/mol. The lowest BCUT2D eigenvalue weighted by Gasteiger charge is -1.86. The largest absolute Gasteiger partial charge is 0.446 e. The van der Waals surface area contributed by atoms with Crippen LogP contribution in [0.4, 0.5) is 0 Å². The molecule has 0 unspecified atom stereocenters. The van der Waals surface area contributed by atoms with Crippen molar-refractivity contribution in [3.63, 3.8) is 0 Å². The summed E-state index contributed by atoms with van der Waals surface area (Å²) in [5.41, 5.74) is 6.41. The van der Waals surface area contributed by atoms with Crippen LogP contribution in [0.3, 0.4) is 0 Å². The van der Waals surface area contributed by atoms with Gasteiger partial charge in [-0.2, -0.15) is 0 Å². The van der Waals surface area contributed by atoms with Gasteiger partial charge in [-0.3, -0.25) is 0 Å². The Balaban J connectivity index is 2.77. The van der Waals surface area contributed by atoms with Crippen LogP contribution in [-0.2, 0) is 12.8 Å². The van der Waals surface area contributed by atoms with Crippen molar-refractivity contribution in [3.05, 3.63) is 17.3 Å². The summed E-state index contributed by atoms with van der Waals surface area (Å²) in [6.07, 6.45) is 1.67. The summed E-state index contributed by atoms with van der Waals surface area (Å²) in [7, 11) is 0. The highest BCUT2D eigenvalue weighted by Gasteiger charge is 2.05. The zero-order valence-corrected chi connectivity index (χ0v) is 7.05. The number of aromatic nitrogens is 1. The van der Waals surface area contributed by atoms with E-state index in [1.165, 1.54) is 0 Å². The molecule has 0 aliphatic carbocycles. The van der Waals surface area contributed by atoms with Gasteiger partial charge in [-0.05, 0) is 13.3 Å². The van der Waals surface area contributed by atoms with Crippen molar-refractivity contribution in [2.45, 2.75) is 26.7 Å². The van der Waals surface area contributed by atoms with E-state index in [0.29, 0.717) is 6.54 Å². The molecule has 0 spiro atoms. The van der Waals surface area contributed by atoms with E-state index in [-0.39, 0.29) is 0 Å². The molecule has 0 fully saturated rings. The Kier molecular flexibility index (Phi) is 2.65. The molecule has 0 atom stereocenters. The molecule has 1 aromatic heterocycles. The average molecular weight is 154 g/mol. The fraction of sp³-hybridized carbons (Fsp3) is 0.625. The summed E-state index contributed by atoms with van der Waals surface area (Å²) >= 11 is 0. The van der Waals surface area contributed by atoms with Crippen molar-refractivity contribution in [1.82, 2.24) is 4.98 Å². The van der Waals surface area contributed by atoms with Crippen LogP contribution in [0.15, 0.2) is 4.42 Å². The normalized spacial score (nSPS) is 10.5. The summed E-state index contributed by atoms with van der Waals surface area (Å²) in [5, 5.41) is 0. The molecule has 0 amide bonds. The summed E-state index contributed by atoms with van der Waals surface area (Å²) in [5.74, 6) is 1.69. The van der Waals surface area contributed by atoms with E-state index in [1.54, 1.807) is 0 Å². The van der Waals surface area contributed by atoms with E-state index in [1.807, 2.05) is 6.92 Å². The molecular formula is C8H14N2O. The van der Waals surface area contributed by atoms with Gasteiger partial charge in [-0.1, -0.05) is 6.92 Å². The van der Waals surface area contributed by atoms with Crippen LogP contribution < -0.4 is 5.73 Å². The lowest BCUT2D eigenvalue weighted by atomic mass is 10.3. The maximum atomic E-state index is 5.36. The number of oxazole rings is 1. The highest BCUT2D eigenvalue weighted by atomic mass is 16.4. The molecule has 0 saturated heterocycles. The highest BCUT2D eigenvalue weighted by molar-refractivity contribution is 5.07. The van der Waals surface area contributed by atoms with E-state index in [9.17, 15) is 0 Å². The molecule has 2 N–H and O–H groups in total. The van der Waals surface area contributed by atoms with Gasteiger partial charge < -0.3 is 10.2 Å². The first kappa shape index (κ1) is 8.27. The first-order valence-corrected chi connectivity index (χ1v) is 3.93. The van der Waals surface area contributed by atoms with Crippen LogP contribution in [0.5, 0.6) is 0 Å². The van der Waals surface area contributed by atoms with Gasteiger partial charge in [-0.25, -0.2) is 4.98 Å². The molecule has 0 aliphatic heterocycles. The van der Waals surface area contributed by atoms with Crippen molar-refractivity contribution in [2.75, 3.05) is 6.54 Å². The fourth-order valence-electron chi connectivity index (χ4n) is 1.05. The number of nitrogens with zero attached hydrogens (tertiary/aromatic N) is 1. The van der Waals surface area contributed by atoms with Crippen LogP contribution >= 0.6 is 0 Å². The van der Waals surface area contributed by atoms with E-state index < -0.39 is 0 Å². The molecular weight excluding hydrogens is 140 g/mol. The summed E-state index contributed by atoms with van der Waals surface area (Å²) in [6.45, 7) is 4.60. The molecule has 3 heteroatoms. The number of nitrogens with two attached hydrogens (primary N) is 1. The minimum Gasteiger partial charge on any atom is -0.446 e. The second kappa shape index (κ2) is 3.53. The van der Waals surface area contributed by atoms with Gasteiger partial charge in [0.1, 0.15) is 5.76 Å². The average Bonchev–Trinajstić information content (AvgIpc) is 2.32. The van der Waals surface area contributed by atoms with Crippen LogP contribution in [0.2, 0.25) is 0 Å². The van der Waals surface area contributed by atoms with Crippen molar-refractivity contribution < 1.29 is 4.42 Å². The van der Waals surface area contributed by atoms with E-state index in [4.69, 9.17) is 10.2 Å². The Morgan fingerprint density at radius 3 is 2.73 bits per heavy atom. The van der Waals surface area contributed by atoms with Gasteiger partial charge in [0.05, 0.1) is 5.69 Å². The standard InChI is InChI=1S/C8H14N2O/c1-3-7-6(2)11-8(10-7)4-5-9/h3-5,9H2,1-2H3. The monoisotopic (exact) mass is 154 g/mol. The first-order chi connectivity index (χ1) is 5.27. The Hall–Kier alpha value is -0.830. The number of rotatable bonds is 3. The van der Waals surface area contributed by atoms with Gasteiger partial charge >= 0.3 is 0 Å². The predicted octanol–water partition coefficient (Wildman–Crippen LogP) is 1.05. The van der Waals surface area contributed by atoms with Gasteiger partial charge in [-0.15, -0.1) is 0 Å². The second-order valence-corrected chi connectivity index (χ2v) is 2.50. The van der Waals surface area contributed by atoms with E-state index >= 15 is 0 Å². The van der Waals surface area contributed by atoms with Crippen molar-refractivity contribution >= 4 is 0 Å². The van der Waals surface area contributed by atoms with Crippen molar-refractivity contribution in [3.8, 4) is 0 Å². The second-order valence-electron chi connectivity index (χ2n) is 2.50. The lowest BCUT2D eigenvalue weighted by Crippen LogP contribution is -2.02. The third kappa shape index (κ3) is 1.80. The van der Waals surface area contributed by atoms with Crippen molar-refractivity contribution in [2.24, 2.45) is 5.73 Å². The topological polar surface area (TPSA) is 52.0 Å². The summed E-state index contributed by atoms with van der Waals surface area (Å²) in [6, 6.07) is 0. The third-order valence-electron chi connectivity index (χ3n) is 1.63. The zero-order valence-electron chi connectivity index (χ0n) is 7.05. The number of hydrogen-bond acceptors (Lipinski definition) is 3. The van der Waals surface area contributed by atoms with Gasteiger partial charge in [0.15, 0.2) is 5.89 Å². The van der Waals surface area contributed by atoms with Crippen LogP contribution in [0, 0.1) is 6.92 Å². The third-order valence-corrected chi connectivity index (χ3v) is 1.63. The van der Waals surface area contributed by atoms with Gasteiger partial charge in [0.2, 0.25) is 0 Å². The molecule has 11 heavy (non-hydrogen) atoms. The quantitative estimate of drug-likeness (QED) is 0.707. The molecule has 1 aromatic rings. The van der Waals surface area contributed by atoms with Crippen LogP contribution in [0.1, 0.15) is 24.3 Å². The van der Waals surface area contributed by atoms with Crippen LogP contribution in [-0.4, -0.2) is 11.5 Å². The Bertz CT molecular complexity index is 230. The molecule has 3 nitrogen and oxygen atoms in total. The SMILES string of the molecule is CCc1nc(CCN)oc1C. The molecule has 0 aromatic carbocycles. The Labute approximate surface area is 66.6 Å². The summed E-state index contributed by atoms with van der Waals surface area (Å²) in [4.78, 5) is 4.27. The van der Waals surface area contributed by atoms with Crippen molar-refractivity contribution in [1.29, 1.82) is 0 Å². The Morgan fingerprint density at radius 2 is 2.27 bits per heavy atom. The first-order valence-electron chi connectivity index (χ1n) is 3.93. The molecule has 1 rings (SSSR count). The molecule has 0 saturated carbocycles. The minimum absolute atomic E-state index is 0.600. The molecule has 0 aliphatic rings. The number of aryl methyl sites for hydroxylation is 2. The van der Waals surface area contributed by atoms with E-state index in [2.05, 4.69) is 11.9 Å². The Morgan fingerprint density at radius 1 is 1.55 bits per heavy atom. The number of hydrogen-bond donors (Lipinski definition) is 1. The minimum atomic E-state index is 0.600. The molecule has 0 radical (unpaired) electrons. The molecule has 62 valence electrons. The van der Waals surface area contributed by atoms with Crippen LogP contribution in [0.25, 0.3) is 0 Å². The lowest BCUT2D eigenvalue weighted by molar-refractivity contribution is 0.471. The fourth-order valence-corrected chi connectivity index (χ4v) is 1.05. The van der Waals surface area contributed by atoms with Gasteiger partial charge in [0, 0.05) is 13.0 Å². The zero-order chi connectivity index (χ0) is 8.27. The van der Waals surface area contributed by atoms with Gasteiger partial charge in [0.25, 0.3) is 0 Å². The molecule has 0 bridgehead atoms. The highest BCUT2D eigenvalue weighted by Crippen LogP contribution is 2.09. The van der Waals surface area contributed by atoms with E-state index in [0.717, 1.165) is 30.2 Å².